The number of anilines is 1. The number of amides is 1. The number of halogens is 3. The van der Waals surface area contributed by atoms with Gasteiger partial charge in [-0.2, -0.15) is 0 Å². The van der Waals surface area contributed by atoms with E-state index in [1.54, 1.807) is 25.1 Å². The first-order valence-corrected chi connectivity index (χ1v) is 7.01. The number of carbonyl (C=O) groups is 1. The molecule has 1 unspecified atom stereocenters. The first-order valence-electron chi connectivity index (χ1n) is 5.81. The number of aryl methyl sites for hydroxylation is 1. The lowest BCUT2D eigenvalue weighted by Crippen LogP contribution is -2.18. The Labute approximate surface area is 131 Å². The van der Waals surface area contributed by atoms with Crippen molar-refractivity contribution < 1.29 is 4.79 Å². The Morgan fingerprint density at radius 3 is 2.50 bits per heavy atom. The summed E-state index contributed by atoms with van der Waals surface area (Å²) in [5, 5.41) is 2.29. The van der Waals surface area contributed by atoms with Crippen molar-refractivity contribution in [2.75, 3.05) is 5.32 Å². The molecule has 1 atom stereocenters. The van der Waals surface area contributed by atoms with Crippen molar-refractivity contribution in [1.82, 2.24) is 4.98 Å². The molecule has 0 bridgehead atoms. The summed E-state index contributed by atoms with van der Waals surface area (Å²) in [4.78, 5) is 16.0. The van der Waals surface area contributed by atoms with Gasteiger partial charge in [0.2, 0.25) is 5.91 Å². The molecule has 1 aromatic carbocycles. The monoisotopic (exact) mass is 328 g/mol. The molecule has 6 heteroatoms. The summed E-state index contributed by atoms with van der Waals surface area (Å²) in [6.07, 6.45) is 0. The summed E-state index contributed by atoms with van der Waals surface area (Å²) in [6.45, 7) is 1.78. The second-order valence-corrected chi connectivity index (χ2v) is 5.37. The van der Waals surface area contributed by atoms with Crippen molar-refractivity contribution in [2.45, 2.75) is 12.3 Å². The van der Waals surface area contributed by atoms with Gasteiger partial charge in [0.15, 0.2) is 5.15 Å². The average Bonchev–Trinajstić information content (AvgIpc) is 2.42. The molecular weight excluding hydrogens is 319 g/mol. The molecular formula is C14H11Cl3N2O. The van der Waals surface area contributed by atoms with Gasteiger partial charge in [0.05, 0.1) is 5.69 Å². The molecule has 2 aromatic rings. The molecule has 0 aliphatic heterocycles. The number of benzene rings is 1. The fourth-order valence-electron chi connectivity index (χ4n) is 1.71. The molecule has 2 rings (SSSR count). The zero-order valence-corrected chi connectivity index (χ0v) is 12.8. The maximum atomic E-state index is 12.1. The topological polar surface area (TPSA) is 42.0 Å². The van der Waals surface area contributed by atoms with Gasteiger partial charge in [0.1, 0.15) is 10.5 Å². The van der Waals surface area contributed by atoms with Crippen molar-refractivity contribution in [1.29, 1.82) is 0 Å². The van der Waals surface area contributed by atoms with Crippen LogP contribution in [0.1, 0.15) is 16.5 Å². The van der Waals surface area contributed by atoms with Gasteiger partial charge in [-0.05, 0) is 24.1 Å². The second kappa shape index (κ2) is 6.44. The van der Waals surface area contributed by atoms with E-state index in [-0.39, 0.29) is 16.2 Å². The summed E-state index contributed by atoms with van der Waals surface area (Å²) in [7, 11) is 0. The molecule has 1 amide bonds. The van der Waals surface area contributed by atoms with Crippen LogP contribution in [0, 0.1) is 6.92 Å². The van der Waals surface area contributed by atoms with Crippen LogP contribution in [-0.4, -0.2) is 10.9 Å². The maximum absolute atomic E-state index is 12.1. The Bertz CT molecular complexity index is 609. The van der Waals surface area contributed by atoms with Crippen LogP contribution >= 0.6 is 34.8 Å². The average molecular weight is 330 g/mol. The second-order valence-electron chi connectivity index (χ2n) is 4.19. The molecule has 0 spiro atoms. The van der Waals surface area contributed by atoms with Crippen LogP contribution in [0.3, 0.4) is 0 Å². The first-order chi connectivity index (χ1) is 9.49. The summed E-state index contributed by atoms with van der Waals surface area (Å²) in [5.41, 5.74) is 1.85. The van der Waals surface area contributed by atoms with Crippen molar-refractivity contribution in [2.24, 2.45) is 0 Å². The predicted molar refractivity (Wildman–Crippen MR) is 82.7 cm³/mol. The van der Waals surface area contributed by atoms with Gasteiger partial charge in [-0.15, -0.1) is 11.6 Å². The quantitative estimate of drug-likeness (QED) is 0.659. The number of hydrogen-bond donors (Lipinski definition) is 1. The summed E-state index contributed by atoms with van der Waals surface area (Å²) >= 11 is 17.9. The van der Waals surface area contributed by atoms with E-state index in [0.717, 1.165) is 5.56 Å². The lowest BCUT2D eigenvalue weighted by molar-refractivity contribution is -0.116. The standard InChI is InChI=1S/C14H11Cl3N2O/c1-8-7-10(15)18-13(17)12(8)19-14(20)11(16)9-5-3-2-4-6-9/h2-7,11H,1H3,(H,19,20). The van der Waals surface area contributed by atoms with Crippen LogP contribution in [0.25, 0.3) is 0 Å². The Balaban J connectivity index is 2.20. The SMILES string of the molecule is Cc1cc(Cl)nc(Cl)c1NC(=O)C(Cl)c1ccccc1. The molecule has 104 valence electrons. The molecule has 20 heavy (non-hydrogen) atoms. The Hall–Kier alpha value is -1.29. The van der Waals surface area contributed by atoms with Gasteiger partial charge in [0.25, 0.3) is 0 Å². The lowest BCUT2D eigenvalue weighted by Gasteiger charge is -2.13. The zero-order chi connectivity index (χ0) is 14.7. The van der Waals surface area contributed by atoms with Gasteiger partial charge < -0.3 is 5.32 Å². The van der Waals surface area contributed by atoms with Crippen molar-refractivity contribution in [3.63, 3.8) is 0 Å². The summed E-state index contributed by atoms with van der Waals surface area (Å²) in [6, 6.07) is 10.7. The molecule has 3 nitrogen and oxygen atoms in total. The van der Waals surface area contributed by atoms with Crippen LogP contribution in [-0.2, 0) is 4.79 Å². The number of nitrogens with zero attached hydrogens (tertiary/aromatic N) is 1. The molecule has 1 aromatic heterocycles. The minimum absolute atomic E-state index is 0.139. The van der Waals surface area contributed by atoms with E-state index in [2.05, 4.69) is 10.3 Å². The minimum atomic E-state index is -0.803. The van der Waals surface area contributed by atoms with Gasteiger partial charge in [-0.25, -0.2) is 4.98 Å². The van der Waals surface area contributed by atoms with Gasteiger partial charge in [-0.3, -0.25) is 4.79 Å². The minimum Gasteiger partial charge on any atom is -0.322 e. The van der Waals surface area contributed by atoms with Crippen LogP contribution in [0.4, 0.5) is 5.69 Å². The number of rotatable bonds is 3. The van der Waals surface area contributed by atoms with Gasteiger partial charge in [0, 0.05) is 0 Å². The first kappa shape index (κ1) is 15.1. The van der Waals surface area contributed by atoms with Crippen molar-refractivity contribution in [3.8, 4) is 0 Å². The lowest BCUT2D eigenvalue weighted by atomic mass is 10.1. The number of hydrogen-bond acceptors (Lipinski definition) is 2. The Kier molecular flexibility index (Phi) is 4.86. The van der Waals surface area contributed by atoms with Crippen molar-refractivity contribution in [3.05, 3.63) is 57.8 Å². The molecule has 0 saturated heterocycles. The summed E-state index contributed by atoms with van der Waals surface area (Å²) in [5.74, 6) is -0.369. The molecule has 0 aliphatic rings. The molecule has 0 fully saturated rings. The van der Waals surface area contributed by atoms with Gasteiger partial charge >= 0.3 is 0 Å². The van der Waals surface area contributed by atoms with Crippen molar-refractivity contribution >= 4 is 46.4 Å². The molecule has 1 N–H and O–H groups in total. The summed E-state index contributed by atoms with van der Waals surface area (Å²) < 4.78 is 0. The third-order valence-corrected chi connectivity index (χ3v) is 3.63. The van der Waals surface area contributed by atoms with E-state index in [1.807, 2.05) is 18.2 Å². The largest absolute Gasteiger partial charge is 0.322 e. The third kappa shape index (κ3) is 3.42. The van der Waals surface area contributed by atoms with E-state index in [0.29, 0.717) is 11.3 Å². The van der Waals surface area contributed by atoms with E-state index < -0.39 is 5.38 Å². The van der Waals surface area contributed by atoms with Crippen LogP contribution < -0.4 is 5.32 Å². The van der Waals surface area contributed by atoms with Crippen LogP contribution in [0.15, 0.2) is 36.4 Å². The predicted octanol–water partition coefficient (Wildman–Crippen LogP) is 4.62. The molecule has 0 saturated carbocycles. The fraction of sp³-hybridized carbons (Fsp3) is 0.143. The highest BCUT2D eigenvalue weighted by Gasteiger charge is 2.19. The number of aromatic nitrogens is 1. The van der Waals surface area contributed by atoms with E-state index in [4.69, 9.17) is 34.8 Å². The van der Waals surface area contributed by atoms with Gasteiger partial charge in [-0.1, -0.05) is 53.5 Å². The highest BCUT2D eigenvalue weighted by Crippen LogP contribution is 2.29. The van der Waals surface area contributed by atoms with E-state index in [1.165, 1.54) is 0 Å². The highest BCUT2D eigenvalue weighted by molar-refractivity contribution is 6.36. The highest BCUT2D eigenvalue weighted by atomic mass is 35.5. The Morgan fingerprint density at radius 1 is 1.25 bits per heavy atom. The van der Waals surface area contributed by atoms with E-state index in [9.17, 15) is 4.79 Å². The molecule has 0 aliphatic carbocycles. The fourth-order valence-corrected chi connectivity index (χ4v) is 2.48. The normalized spacial score (nSPS) is 12.0. The number of carbonyl (C=O) groups excluding carboxylic acids is 1. The molecule has 0 radical (unpaired) electrons. The smallest absolute Gasteiger partial charge is 0.247 e. The third-order valence-electron chi connectivity index (χ3n) is 2.71. The zero-order valence-electron chi connectivity index (χ0n) is 10.5. The number of pyridine rings is 1. The Morgan fingerprint density at radius 2 is 1.90 bits per heavy atom. The number of alkyl halides is 1. The van der Waals surface area contributed by atoms with E-state index >= 15 is 0 Å². The maximum Gasteiger partial charge on any atom is 0.247 e. The van der Waals surface area contributed by atoms with Crippen LogP contribution in [0.2, 0.25) is 10.3 Å². The molecule has 1 heterocycles. The van der Waals surface area contributed by atoms with Crippen LogP contribution in [0.5, 0.6) is 0 Å². The number of nitrogens with one attached hydrogen (secondary N) is 1.